The molecule has 0 spiro atoms. The van der Waals surface area contributed by atoms with Crippen molar-refractivity contribution in [3.05, 3.63) is 89.5 Å². The van der Waals surface area contributed by atoms with Gasteiger partial charge in [-0.15, -0.1) is 0 Å². The van der Waals surface area contributed by atoms with E-state index in [1.54, 1.807) is 7.11 Å². The number of thiocarbonyl (C=S) groups is 1. The number of para-hydroxylation sites is 1. The summed E-state index contributed by atoms with van der Waals surface area (Å²) in [5.41, 5.74) is 5.45. The minimum Gasteiger partial charge on any atom is -0.495 e. The molecule has 0 radical (unpaired) electrons. The minimum absolute atomic E-state index is 0.536. The highest BCUT2D eigenvalue weighted by molar-refractivity contribution is 7.80. The van der Waals surface area contributed by atoms with Crippen LogP contribution in [0.15, 0.2) is 72.8 Å². The van der Waals surface area contributed by atoms with Gasteiger partial charge in [0.1, 0.15) is 5.75 Å². The average molecular weight is 362 g/mol. The van der Waals surface area contributed by atoms with Crippen molar-refractivity contribution in [1.29, 1.82) is 0 Å². The molecule has 0 saturated heterocycles. The Balaban J connectivity index is 1.75. The van der Waals surface area contributed by atoms with Crippen LogP contribution in [0.2, 0.25) is 0 Å². The predicted molar refractivity (Wildman–Crippen MR) is 113 cm³/mol. The van der Waals surface area contributed by atoms with Gasteiger partial charge >= 0.3 is 0 Å². The quantitative estimate of drug-likeness (QED) is 0.595. The number of aryl methyl sites for hydroxylation is 1. The molecule has 0 aliphatic carbocycles. The lowest BCUT2D eigenvalue weighted by Crippen LogP contribution is -2.20. The van der Waals surface area contributed by atoms with Crippen molar-refractivity contribution in [3.8, 4) is 5.75 Å². The molecule has 0 aliphatic rings. The van der Waals surface area contributed by atoms with Crippen LogP contribution in [0.1, 0.15) is 16.7 Å². The molecule has 0 heterocycles. The van der Waals surface area contributed by atoms with E-state index in [4.69, 9.17) is 17.0 Å². The van der Waals surface area contributed by atoms with Crippen molar-refractivity contribution in [2.24, 2.45) is 0 Å². The zero-order chi connectivity index (χ0) is 18.4. The van der Waals surface area contributed by atoms with Crippen LogP contribution in [0.3, 0.4) is 0 Å². The molecule has 0 aromatic heterocycles. The van der Waals surface area contributed by atoms with Crippen LogP contribution in [-0.4, -0.2) is 12.2 Å². The number of anilines is 2. The minimum atomic E-state index is 0.536. The van der Waals surface area contributed by atoms with Crippen LogP contribution < -0.4 is 15.4 Å². The molecule has 0 aliphatic heterocycles. The summed E-state index contributed by atoms with van der Waals surface area (Å²) in [6.45, 7) is 2.04. The molecule has 2 N–H and O–H groups in total. The molecule has 3 aromatic carbocycles. The highest BCUT2D eigenvalue weighted by atomic mass is 32.1. The maximum Gasteiger partial charge on any atom is 0.175 e. The smallest absolute Gasteiger partial charge is 0.175 e. The van der Waals surface area contributed by atoms with E-state index in [1.807, 2.05) is 49.4 Å². The maximum absolute atomic E-state index is 5.52. The molecule has 0 amide bonds. The van der Waals surface area contributed by atoms with Crippen LogP contribution in [-0.2, 0) is 6.42 Å². The van der Waals surface area contributed by atoms with Crippen molar-refractivity contribution in [1.82, 2.24) is 0 Å². The molecule has 3 aromatic rings. The van der Waals surface area contributed by atoms with Crippen LogP contribution in [0.4, 0.5) is 11.4 Å². The molecule has 132 valence electrons. The molecule has 0 atom stereocenters. The van der Waals surface area contributed by atoms with Gasteiger partial charge in [0.25, 0.3) is 0 Å². The number of rotatable bonds is 5. The van der Waals surface area contributed by atoms with Gasteiger partial charge in [0.2, 0.25) is 0 Å². The van der Waals surface area contributed by atoms with Gasteiger partial charge < -0.3 is 15.4 Å². The van der Waals surface area contributed by atoms with E-state index < -0.39 is 0 Å². The largest absolute Gasteiger partial charge is 0.495 e. The first-order valence-electron chi connectivity index (χ1n) is 8.50. The number of benzene rings is 3. The van der Waals surface area contributed by atoms with Gasteiger partial charge in [-0.2, -0.15) is 0 Å². The predicted octanol–water partition coefficient (Wildman–Crippen LogP) is 5.40. The van der Waals surface area contributed by atoms with Gasteiger partial charge in [-0.1, -0.05) is 54.6 Å². The summed E-state index contributed by atoms with van der Waals surface area (Å²) in [5.74, 6) is 0.761. The van der Waals surface area contributed by atoms with Crippen LogP contribution in [0.5, 0.6) is 5.75 Å². The first kappa shape index (κ1) is 18.0. The second-order valence-electron chi connectivity index (χ2n) is 6.10. The third-order valence-corrected chi connectivity index (χ3v) is 4.31. The molecule has 0 saturated carbocycles. The summed E-state index contributed by atoms with van der Waals surface area (Å²) < 4.78 is 5.40. The van der Waals surface area contributed by atoms with Crippen molar-refractivity contribution < 1.29 is 4.74 Å². The normalized spacial score (nSPS) is 10.2. The molecule has 3 rings (SSSR count). The Hall–Kier alpha value is -2.85. The summed E-state index contributed by atoms with van der Waals surface area (Å²) in [6, 6.07) is 24.6. The van der Waals surface area contributed by atoms with Gasteiger partial charge in [-0.25, -0.2) is 0 Å². The number of nitrogens with one attached hydrogen (secondary N) is 2. The third-order valence-electron chi connectivity index (χ3n) is 4.11. The Morgan fingerprint density at radius 2 is 1.58 bits per heavy atom. The SMILES string of the molecule is COc1ccc(C)cc1NC(=S)Nc1ccccc1Cc1ccccc1. The monoisotopic (exact) mass is 362 g/mol. The maximum atomic E-state index is 5.52. The number of hydrogen-bond acceptors (Lipinski definition) is 2. The molecule has 26 heavy (non-hydrogen) atoms. The lowest BCUT2D eigenvalue weighted by atomic mass is 10.0. The van der Waals surface area contributed by atoms with E-state index in [1.165, 1.54) is 11.1 Å². The Kier molecular flexibility index (Phi) is 5.87. The second kappa shape index (κ2) is 8.50. The van der Waals surface area contributed by atoms with Crippen LogP contribution in [0, 0.1) is 6.92 Å². The Bertz CT molecular complexity index is 894. The lowest BCUT2D eigenvalue weighted by molar-refractivity contribution is 0.417. The lowest BCUT2D eigenvalue weighted by Gasteiger charge is -2.16. The average Bonchev–Trinajstić information content (AvgIpc) is 2.64. The molecule has 0 unspecified atom stereocenters. The number of hydrogen-bond donors (Lipinski definition) is 2. The summed E-state index contributed by atoms with van der Waals surface area (Å²) in [7, 11) is 1.65. The first-order chi connectivity index (χ1) is 12.7. The van der Waals surface area contributed by atoms with E-state index in [0.717, 1.165) is 29.1 Å². The van der Waals surface area contributed by atoms with Gasteiger partial charge in [0, 0.05) is 5.69 Å². The molecular formula is C22H22N2OS. The zero-order valence-corrected chi connectivity index (χ0v) is 15.8. The number of methoxy groups -OCH3 is 1. The Labute approximate surface area is 160 Å². The summed E-state index contributed by atoms with van der Waals surface area (Å²) in [6.07, 6.45) is 0.848. The van der Waals surface area contributed by atoms with E-state index >= 15 is 0 Å². The molecule has 0 fully saturated rings. The summed E-state index contributed by atoms with van der Waals surface area (Å²) in [4.78, 5) is 0. The van der Waals surface area contributed by atoms with Gasteiger partial charge in [-0.3, -0.25) is 0 Å². The van der Waals surface area contributed by atoms with Crippen molar-refractivity contribution in [3.63, 3.8) is 0 Å². The Morgan fingerprint density at radius 1 is 0.885 bits per heavy atom. The highest BCUT2D eigenvalue weighted by Gasteiger charge is 2.08. The van der Waals surface area contributed by atoms with Crippen molar-refractivity contribution in [2.75, 3.05) is 17.7 Å². The molecular weight excluding hydrogens is 340 g/mol. The van der Waals surface area contributed by atoms with Gasteiger partial charge in [-0.05, 0) is 60.5 Å². The fraction of sp³-hybridized carbons (Fsp3) is 0.136. The Morgan fingerprint density at radius 3 is 2.35 bits per heavy atom. The first-order valence-corrected chi connectivity index (χ1v) is 8.91. The van der Waals surface area contributed by atoms with Crippen molar-refractivity contribution >= 4 is 28.7 Å². The van der Waals surface area contributed by atoms with Gasteiger partial charge in [0.05, 0.1) is 12.8 Å². The van der Waals surface area contributed by atoms with Crippen LogP contribution >= 0.6 is 12.2 Å². The zero-order valence-electron chi connectivity index (χ0n) is 15.0. The van der Waals surface area contributed by atoms with E-state index in [9.17, 15) is 0 Å². The standard InChI is InChI=1S/C22H22N2OS/c1-16-12-13-21(25-2)20(14-16)24-22(26)23-19-11-7-6-10-18(19)15-17-8-4-3-5-9-17/h3-14H,15H2,1-2H3,(H2,23,24,26). The molecule has 0 bridgehead atoms. The highest BCUT2D eigenvalue weighted by Crippen LogP contribution is 2.26. The van der Waals surface area contributed by atoms with Gasteiger partial charge in [0.15, 0.2) is 5.11 Å². The third kappa shape index (κ3) is 4.61. The summed E-state index contributed by atoms with van der Waals surface area (Å²) >= 11 is 5.52. The van der Waals surface area contributed by atoms with E-state index in [2.05, 4.69) is 41.0 Å². The van der Waals surface area contributed by atoms with E-state index in [0.29, 0.717) is 5.11 Å². The number of ether oxygens (including phenoxy) is 1. The topological polar surface area (TPSA) is 33.3 Å². The fourth-order valence-electron chi connectivity index (χ4n) is 2.81. The molecule has 3 nitrogen and oxygen atoms in total. The van der Waals surface area contributed by atoms with Crippen molar-refractivity contribution in [2.45, 2.75) is 13.3 Å². The fourth-order valence-corrected chi connectivity index (χ4v) is 3.03. The van der Waals surface area contributed by atoms with Crippen LogP contribution in [0.25, 0.3) is 0 Å². The summed E-state index contributed by atoms with van der Waals surface area (Å²) in [5, 5.41) is 7.09. The molecule has 4 heteroatoms. The van der Waals surface area contributed by atoms with E-state index in [-0.39, 0.29) is 0 Å². The second-order valence-corrected chi connectivity index (χ2v) is 6.51.